The lowest BCUT2D eigenvalue weighted by atomic mass is 9.45. The summed E-state index contributed by atoms with van der Waals surface area (Å²) in [5.41, 5.74) is 1.85. The summed E-state index contributed by atoms with van der Waals surface area (Å²) in [6.07, 6.45) is 12.4. The van der Waals surface area contributed by atoms with Gasteiger partial charge in [-0.3, -0.25) is 9.05 Å². The van der Waals surface area contributed by atoms with Gasteiger partial charge in [-0.05, 0) is 97.9 Å². The number of rotatable bonds is 5. The molecule has 0 amide bonds. The second kappa shape index (κ2) is 8.28. The number of phosphoric acid groups is 1. The molecule has 31 heavy (non-hydrogen) atoms. The van der Waals surface area contributed by atoms with Gasteiger partial charge in [0.25, 0.3) is 0 Å². The molecule has 5 rings (SSSR count). The lowest BCUT2D eigenvalue weighted by Gasteiger charge is -2.60. The van der Waals surface area contributed by atoms with Crippen molar-refractivity contribution in [2.24, 2.45) is 34.5 Å². The van der Waals surface area contributed by atoms with Crippen LogP contribution in [0, 0.1) is 34.5 Å². The quantitative estimate of drug-likeness (QED) is 0.489. The molecule has 1 unspecified atom stereocenters. The van der Waals surface area contributed by atoms with Crippen LogP contribution in [0.15, 0.2) is 30.3 Å². The molecule has 4 fully saturated rings. The Bertz CT molecular complexity index is 828. The van der Waals surface area contributed by atoms with Crippen molar-refractivity contribution >= 4 is 7.82 Å². The van der Waals surface area contributed by atoms with E-state index in [1.54, 1.807) is 0 Å². The Balaban J connectivity index is 1.21. The number of hydrogen-bond acceptors (Lipinski definition) is 3. The van der Waals surface area contributed by atoms with Crippen LogP contribution >= 0.6 is 7.82 Å². The molecule has 1 aromatic carbocycles. The van der Waals surface area contributed by atoms with Crippen LogP contribution in [0.5, 0.6) is 0 Å². The summed E-state index contributed by atoms with van der Waals surface area (Å²) in [4.78, 5) is 10.3. The van der Waals surface area contributed by atoms with Crippen molar-refractivity contribution in [2.75, 3.05) is 0 Å². The summed E-state index contributed by atoms with van der Waals surface area (Å²) in [5.74, 6) is 3.27. The Kier molecular flexibility index (Phi) is 5.91. The number of hydrogen-bond donors (Lipinski definition) is 1. The fourth-order valence-corrected chi connectivity index (χ4v) is 9.20. The van der Waals surface area contributed by atoms with Crippen molar-refractivity contribution in [3.63, 3.8) is 0 Å². The first-order valence-corrected chi connectivity index (χ1v) is 14.0. The molecule has 1 N–H and O–H groups in total. The summed E-state index contributed by atoms with van der Waals surface area (Å²) in [6, 6.07) is 9.51. The van der Waals surface area contributed by atoms with Crippen LogP contribution < -0.4 is 0 Å². The lowest BCUT2D eigenvalue weighted by molar-refractivity contribution is -0.120. The van der Waals surface area contributed by atoms with E-state index in [0.29, 0.717) is 16.7 Å². The molecule has 0 aliphatic heterocycles. The summed E-state index contributed by atoms with van der Waals surface area (Å²) in [7, 11) is -4.05. The molecule has 0 saturated heterocycles. The standard InChI is InChI=1S/C26H39O4P/c1-25-14-6-9-23(25)22-11-10-20-17-21(12-16-26(20,2)24(22)13-15-25)30-31(27,28)29-18-19-7-4-3-5-8-19/h3-5,7-8,20-24H,6,9-18H2,1-2H3,(H,27,28)/t20-,21+,22-,23-,24-,25-,26-/m0/s1. The van der Waals surface area contributed by atoms with Crippen LogP contribution in [0.2, 0.25) is 0 Å². The van der Waals surface area contributed by atoms with E-state index in [-0.39, 0.29) is 12.7 Å². The van der Waals surface area contributed by atoms with Gasteiger partial charge in [0.1, 0.15) is 0 Å². The van der Waals surface area contributed by atoms with Gasteiger partial charge in [-0.2, -0.15) is 0 Å². The van der Waals surface area contributed by atoms with Crippen LogP contribution in [-0.2, 0) is 20.2 Å². The molecule has 0 aromatic heterocycles. The van der Waals surface area contributed by atoms with Crippen LogP contribution in [0.4, 0.5) is 0 Å². The molecule has 0 heterocycles. The Morgan fingerprint density at radius 2 is 1.81 bits per heavy atom. The maximum Gasteiger partial charge on any atom is 0.472 e. The van der Waals surface area contributed by atoms with E-state index in [0.717, 1.165) is 42.6 Å². The van der Waals surface area contributed by atoms with Gasteiger partial charge in [0.05, 0.1) is 12.7 Å². The summed E-state index contributed by atoms with van der Waals surface area (Å²) < 4.78 is 23.6. The summed E-state index contributed by atoms with van der Waals surface area (Å²) in [5, 5.41) is 0. The van der Waals surface area contributed by atoms with Gasteiger partial charge in [-0.25, -0.2) is 4.57 Å². The van der Waals surface area contributed by atoms with Crippen molar-refractivity contribution in [2.45, 2.75) is 90.8 Å². The minimum absolute atomic E-state index is 0.104. The first kappa shape index (κ1) is 22.1. The van der Waals surface area contributed by atoms with Gasteiger partial charge in [-0.1, -0.05) is 50.6 Å². The van der Waals surface area contributed by atoms with Gasteiger partial charge >= 0.3 is 7.82 Å². The van der Waals surface area contributed by atoms with Crippen molar-refractivity contribution in [1.29, 1.82) is 0 Å². The first-order valence-electron chi connectivity index (χ1n) is 12.5. The topological polar surface area (TPSA) is 55.8 Å². The maximum atomic E-state index is 12.6. The van der Waals surface area contributed by atoms with Crippen LogP contribution in [0.1, 0.15) is 83.6 Å². The highest BCUT2D eigenvalue weighted by atomic mass is 31.2. The predicted octanol–water partition coefficient (Wildman–Crippen LogP) is 7.12. The van der Waals surface area contributed by atoms with E-state index in [1.807, 2.05) is 30.3 Å². The SMILES string of the molecule is C[C@@]12CCC[C@H]1[C@@H]1CC[C@H]3C[C@H](OP(=O)(O)OCc4ccccc4)CC[C@]3(C)[C@H]1CC2. The van der Waals surface area contributed by atoms with Crippen LogP contribution in [0.3, 0.4) is 0 Å². The zero-order valence-corrected chi connectivity index (χ0v) is 20.1. The van der Waals surface area contributed by atoms with E-state index in [4.69, 9.17) is 9.05 Å². The van der Waals surface area contributed by atoms with Gasteiger partial charge < -0.3 is 4.89 Å². The Morgan fingerprint density at radius 1 is 1.00 bits per heavy atom. The molecular formula is C26H39O4P. The largest absolute Gasteiger partial charge is 0.472 e. The predicted molar refractivity (Wildman–Crippen MR) is 122 cm³/mol. The highest BCUT2D eigenvalue weighted by molar-refractivity contribution is 7.47. The highest BCUT2D eigenvalue weighted by Crippen LogP contribution is 2.66. The fraction of sp³-hybridized carbons (Fsp3) is 0.769. The fourth-order valence-electron chi connectivity index (χ4n) is 8.26. The molecule has 4 aliphatic carbocycles. The van der Waals surface area contributed by atoms with E-state index < -0.39 is 7.82 Å². The third kappa shape index (κ3) is 4.19. The van der Waals surface area contributed by atoms with Crippen LogP contribution in [0.25, 0.3) is 0 Å². The molecular weight excluding hydrogens is 407 g/mol. The van der Waals surface area contributed by atoms with E-state index in [2.05, 4.69) is 13.8 Å². The number of fused-ring (bicyclic) bond motifs is 5. The lowest BCUT2D eigenvalue weighted by Crippen LogP contribution is -2.53. The highest BCUT2D eigenvalue weighted by Gasteiger charge is 2.58. The smallest absolute Gasteiger partial charge is 0.302 e. The van der Waals surface area contributed by atoms with Gasteiger partial charge in [0.15, 0.2) is 0 Å². The Morgan fingerprint density at radius 3 is 2.61 bits per heavy atom. The minimum atomic E-state index is -4.05. The summed E-state index contributed by atoms with van der Waals surface area (Å²) in [6.45, 7) is 5.20. The molecule has 8 atom stereocenters. The minimum Gasteiger partial charge on any atom is -0.302 e. The third-order valence-corrected chi connectivity index (χ3v) is 10.9. The third-order valence-electron chi connectivity index (χ3n) is 9.92. The van der Waals surface area contributed by atoms with Gasteiger partial charge in [-0.15, -0.1) is 0 Å². The molecule has 0 radical (unpaired) electrons. The number of benzene rings is 1. The molecule has 0 bridgehead atoms. The van der Waals surface area contributed by atoms with Crippen molar-refractivity contribution in [1.82, 2.24) is 0 Å². The Hall–Kier alpha value is -0.670. The van der Waals surface area contributed by atoms with E-state index in [1.165, 1.54) is 44.9 Å². The van der Waals surface area contributed by atoms with Gasteiger partial charge in [0.2, 0.25) is 0 Å². The zero-order chi connectivity index (χ0) is 21.7. The number of phosphoric ester groups is 1. The second-order valence-corrected chi connectivity index (χ2v) is 12.9. The van der Waals surface area contributed by atoms with E-state index in [9.17, 15) is 9.46 Å². The molecule has 4 nitrogen and oxygen atoms in total. The molecule has 0 spiro atoms. The van der Waals surface area contributed by atoms with Crippen molar-refractivity contribution in [3.8, 4) is 0 Å². The van der Waals surface area contributed by atoms with Gasteiger partial charge in [0, 0.05) is 0 Å². The molecule has 5 heteroatoms. The normalized spacial score (nSPS) is 44.0. The maximum absolute atomic E-state index is 12.6. The molecule has 4 aliphatic rings. The molecule has 4 saturated carbocycles. The molecule has 1 aromatic rings. The van der Waals surface area contributed by atoms with Crippen molar-refractivity contribution < 1.29 is 18.5 Å². The zero-order valence-electron chi connectivity index (χ0n) is 19.2. The van der Waals surface area contributed by atoms with Crippen LogP contribution in [-0.4, -0.2) is 11.0 Å². The summed E-state index contributed by atoms with van der Waals surface area (Å²) >= 11 is 0. The first-order chi connectivity index (χ1) is 14.8. The molecule has 172 valence electrons. The second-order valence-electron chi connectivity index (χ2n) is 11.5. The van der Waals surface area contributed by atoms with Crippen molar-refractivity contribution in [3.05, 3.63) is 35.9 Å². The monoisotopic (exact) mass is 446 g/mol. The average molecular weight is 447 g/mol. The Labute approximate surface area is 187 Å². The average Bonchev–Trinajstić information content (AvgIpc) is 3.15. The van der Waals surface area contributed by atoms with E-state index >= 15 is 0 Å².